The first-order valence-corrected chi connectivity index (χ1v) is 6.38. The lowest BCUT2D eigenvalue weighted by atomic mass is 9.97. The first-order chi connectivity index (χ1) is 9.24. The molecule has 0 saturated heterocycles. The van der Waals surface area contributed by atoms with Crippen molar-refractivity contribution in [1.29, 1.82) is 0 Å². The number of ether oxygens (including phenoxy) is 1. The summed E-state index contributed by atoms with van der Waals surface area (Å²) >= 11 is 0. The molecule has 3 N–H and O–H groups in total. The van der Waals surface area contributed by atoms with Crippen LogP contribution in [0.1, 0.15) is 11.5 Å². The lowest BCUT2D eigenvalue weighted by molar-refractivity contribution is -0.133. The van der Waals surface area contributed by atoms with Gasteiger partial charge in [-0.15, -0.1) is 0 Å². The van der Waals surface area contributed by atoms with Crippen LogP contribution in [0, 0.1) is 0 Å². The maximum atomic E-state index is 12.4. The maximum Gasteiger partial charge on any atom is 0.231 e. The molecule has 1 aromatic rings. The summed E-state index contributed by atoms with van der Waals surface area (Å²) < 4.78 is 4.98. The molecule has 0 bridgehead atoms. The second-order valence-electron chi connectivity index (χ2n) is 4.24. The number of rotatable bonds is 8. The van der Waals surface area contributed by atoms with Gasteiger partial charge < -0.3 is 20.5 Å². The summed E-state index contributed by atoms with van der Waals surface area (Å²) in [5.74, 6) is -0.440. The number of nitrogens with two attached hydrogens (primary N) is 1. The van der Waals surface area contributed by atoms with Gasteiger partial charge in [0.1, 0.15) is 0 Å². The van der Waals surface area contributed by atoms with Crippen LogP contribution < -0.4 is 5.73 Å². The van der Waals surface area contributed by atoms with Gasteiger partial charge in [0.15, 0.2) is 0 Å². The Morgan fingerprint density at radius 1 is 1.37 bits per heavy atom. The number of carbonyl (C=O) groups is 1. The molecule has 5 nitrogen and oxygen atoms in total. The zero-order valence-electron chi connectivity index (χ0n) is 11.3. The Morgan fingerprint density at radius 3 is 2.58 bits per heavy atom. The highest BCUT2D eigenvalue weighted by Crippen LogP contribution is 2.17. The highest BCUT2D eigenvalue weighted by molar-refractivity contribution is 5.84. The van der Waals surface area contributed by atoms with Gasteiger partial charge in [0.05, 0.1) is 19.1 Å². The Bertz CT molecular complexity index is 370. The topological polar surface area (TPSA) is 75.8 Å². The predicted octanol–water partition coefficient (Wildman–Crippen LogP) is 0.196. The van der Waals surface area contributed by atoms with Gasteiger partial charge in [0, 0.05) is 26.7 Å². The summed E-state index contributed by atoms with van der Waals surface area (Å²) in [7, 11) is 1.58. The van der Waals surface area contributed by atoms with Gasteiger partial charge in [0.25, 0.3) is 0 Å². The van der Waals surface area contributed by atoms with E-state index in [4.69, 9.17) is 15.6 Å². The molecule has 0 fully saturated rings. The van der Waals surface area contributed by atoms with Crippen LogP contribution in [0.25, 0.3) is 0 Å². The number of nitrogens with zero attached hydrogens (tertiary/aromatic N) is 1. The molecule has 106 valence electrons. The van der Waals surface area contributed by atoms with Gasteiger partial charge in [-0.1, -0.05) is 30.3 Å². The minimum Gasteiger partial charge on any atom is -0.395 e. The normalized spacial score (nSPS) is 12.2. The van der Waals surface area contributed by atoms with Crippen LogP contribution in [0.3, 0.4) is 0 Å². The van der Waals surface area contributed by atoms with E-state index in [1.165, 1.54) is 0 Å². The van der Waals surface area contributed by atoms with E-state index < -0.39 is 0 Å². The van der Waals surface area contributed by atoms with Crippen LogP contribution in [0.4, 0.5) is 0 Å². The molecule has 0 heterocycles. The molecule has 5 heteroatoms. The van der Waals surface area contributed by atoms with Gasteiger partial charge in [-0.25, -0.2) is 0 Å². The number of benzene rings is 1. The standard InChI is InChI=1S/C14H22N2O3/c1-19-10-8-16(7-9-17)14(18)13(11-15)12-5-3-2-4-6-12/h2-6,13,17H,7-11,15H2,1H3. The van der Waals surface area contributed by atoms with Crippen molar-refractivity contribution in [2.45, 2.75) is 5.92 Å². The fourth-order valence-electron chi connectivity index (χ4n) is 1.94. The third kappa shape index (κ3) is 4.63. The van der Waals surface area contributed by atoms with E-state index >= 15 is 0 Å². The van der Waals surface area contributed by atoms with Crippen molar-refractivity contribution in [3.63, 3.8) is 0 Å². The molecule has 0 aliphatic heterocycles. The molecule has 0 spiro atoms. The second-order valence-corrected chi connectivity index (χ2v) is 4.24. The molecule has 1 unspecified atom stereocenters. The van der Waals surface area contributed by atoms with E-state index in [9.17, 15) is 4.79 Å². The van der Waals surface area contributed by atoms with E-state index in [1.54, 1.807) is 12.0 Å². The molecule has 0 aliphatic carbocycles. The van der Waals surface area contributed by atoms with Crippen molar-refractivity contribution in [3.05, 3.63) is 35.9 Å². The Morgan fingerprint density at radius 2 is 2.05 bits per heavy atom. The number of methoxy groups -OCH3 is 1. The van der Waals surface area contributed by atoms with Crippen molar-refractivity contribution < 1.29 is 14.6 Å². The molecular formula is C14H22N2O3. The van der Waals surface area contributed by atoms with Crippen molar-refractivity contribution in [3.8, 4) is 0 Å². The lowest BCUT2D eigenvalue weighted by Crippen LogP contribution is -2.41. The predicted molar refractivity (Wildman–Crippen MR) is 73.8 cm³/mol. The van der Waals surface area contributed by atoms with Gasteiger partial charge in [-0.05, 0) is 5.56 Å². The molecular weight excluding hydrogens is 244 g/mol. The largest absolute Gasteiger partial charge is 0.395 e. The number of aliphatic hydroxyl groups is 1. The monoisotopic (exact) mass is 266 g/mol. The van der Waals surface area contributed by atoms with Crippen LogP contribution in [0.5, 0.6) is 0 Å². The summed E-state index contributed by atoms with van der Waals surface area (Å²) in [6.07, 6.45) is 0. The van der Waals surface area contributed by atoms with E-state index in [1.807, 2.05) is 30.3 Å². The molecule has 19 heavy (non-hydrogen) atoms. The highest BCUT2D eigenvalue weighted by Gasteiger charge is 2.24. The van der Waals surface area contributed by atoms with E-state index in [0.717, 1.165) is 5.56 Å². The molecule has 0 saturated carbocycles. The molecule has 0 radical (unpaired) electrons. The minimum absolute atomic E-state index is 0.0679. The highest BCUT2D eigenvalue weighted by atomic mass is 16.5. The van der Waals surface area contributed by atoms with Crippen LogP contribution in [0.2, 0.25) is 0 Å². The zero-order chi connectivity index (χ0) is 14.1. The molecule has 1 atom stereocenters. The Kier molecular flexibility index (Phi) is 7.10. The second kappa shape index (κ2) is 8.63. The number of aliphatic hydroxyl groups excluding tert-OH is 1. The van der Waals surface area contributed by atoms with Crippen molar-refractivity contribution in [1.82, 2.24) is 4.90 Å². The van der Waals surface area contributed by atoms with Crippen LogP contribution in [-0.4, -0.2) is 55.9 Å². The number of carbonyl (C=O) groups excluding carboxylic acids is 1. The molecule has 0 aliphatic rings. The SMILES string of the molecule is COCCN(CCO)C(=O)C(CN)c1ccccc1. The third-order valence-electron chi connectivity index (χ3n) is 2.98. The Labute approximate surface area is 114 Å². The number of hydrogen-bond acceptors (Lipinski definition) is 4. The zero-order valence-corrected chi connectivity index (χ0v) is 11.3. The van der Waals surface area contributed by atoms with Crippen molar-refractivity contribution in [2.75, 3.05) is 40.0 Å². The quantitative estimate of drug-likeness (QED) is 0.704. The summed E-state index contributed by atoms with van der Waals surface area (Å²) in [5, 5.41) is 9.04. The Balaban J connectivity index is 2.80. The summed E-state index contributed by atoms with van der Waals surface area (Å²) in [4.78, 5) is 14.0. The summed E-state index contributed by atoms with van der Waals surface area (Å²) in [5.41, 5.74) is 6.63. The number of amides is 1. The molecule has 1 amide bonds. The lowest BCUT2D eigenvalue weighted by Gasteiger charge is -2.26. The first-order valence-electron chi connectivity index (χ1n) is 6.38. The average molecular weight is 266 g/mol. The van der Waals surface area contributed by atoms with Gasteiger partial charge in [0.2, 0.25) is 5.91 Å². The Hall–Kier alpha value is -1.43. The van der Waals surface area contributed by atoms with E-state index in [0.29, 0.717) is 19.7 Å². The average Bonchev–Trinajstić information content (AvgIpc) is 2.45. The van der Waals surface area contributed by atoms with Crippen molar-refractivity contribution >= 4 is 5.91 Å². The molecule has 1 rings (SSSR count). The molecule has 1 aromatic carbocycles. The van der Waals surface area contributed by atoms with Crippen LogP contribution in [-0.2, 0) is 9.53 Å². The third-order valence-corrected chi connectivity index (χ3v) is 2.98. The van der Waals surface area contributed by atoms with Gasteiger partial charge in [-0.2, -0.15) is 0 Å². The van der Waals surface area contributed by atoms with Gasteiger partial charge >= 0.3 is 0 Å². The number of hydrogen-bond donors (Lipinski definition) is 2. The molecule has 0 aromatic heterocycles. The first kappa shape index (κ1) is 15.6. The fraction of sp³-hybridized carbons (Fsp3) is 0.500. The van der Waals surface area contributed by atoms with Crippen molar-refractivity contribution in [2.24, 2.45) is 5.73 Å². The van der Waals surface area contributed by atoms with E-state index in [2.05, 4.69) is 0 Å². The summed E-state index contributed by atoms with van der Waals surface area (Å²) in [6.45, 7) is 1.38. The van der Waals surface area contributed by atoms with Gasteiger partial charge in [-0.3, -0.25) is 4.79 Å². The summed E-state index contributed by atoms with van der Waals surface area (Å²) in [6, 6.07) is 9.46. The smallest absolute Gasteiger partial charge is 0.231 e. The van der Waals surface area contributed by atoms with E-state index in [-0.39, 0.29) is 25.0 Å². The minimum atomic E-state index is -0.371. The van der Waals surface area contributed by atoms with Crippen LogP contribution in [0.15, 0.2) is 30.3 Å². The maximum absolute atomic E-state index is 12.4. The van der Waals surface area contributed by atoms with Crippen LogP contribution >= 0.6 is 0 Å². The fourth-order valence-corrected chi connectivity index (χ4v) is 1.94.